The van der Waals surface area contributed by atoms with Gasteiger partial charge < -0.3 is 15.3 Å². The molecule has 0 radical (unpaired) electrons. The number of aromatic nitrogens is 4. The number of para-hydroxylation sites is 5. The summed E-state index contributed by atoms with van der Waals surface area (Å²) in [6.07, 6.45) is 1.71. The van der Waals surface area contributed by atoms with Crippen molar-refractivity contribution in [1.29, 1.82) is 0 Å². The number of hydrogen-bond donors (Lipinski definition) is 3. The number of hydrogen-bond acceptors (Lipinski definition) is 5. The summed E-state index contributed by atoms with van der Waals surface area (Å²) >= 11 is 0. The molecule has 180 valence electrons. The summed E-state index contributed by atoms with van der Waals surface area (Å²) < 4.78 is 3.48. The lowest BCUT2D eigenvalue weighted by Gasteiger charge is -2.06. The Bertz CT molecular complexity index is 1370. The maximum atomic E-state index is 9.73. The Kier molecular flexibility index (Phi) is 8.29. The fraction of sp³-hybridized carbons (Fsp3) is 0.143. The molecule has 0 spiro atoms. The molecule has 0 bridgehead atoms. The Labute approximate surface area is 205 Å². The Morgan fingerprint density at radius 3 is 1.51 bits per heavy atom. The van der Waals surface area contributed by atoms with Gasteiger partial charge in [0.15, 0.2) is 0 Å². The third-order valence-electron chi connectivity index (χ3n) is 5.46. The lowest BCUT2D eigenvalue weighted by molar-refractivity contribution is 0.469. The molecular weight excluding hydrogens is 440 g/mol. The topological polar surface area (TPSA) is 96.3 Å². The number of aryl methyl sites for hydroxylation is 2. The third-order valence-corrected chi connectivity index (χ3v) is 5.46. The molecule has 2 heterocycles. The molecular formula is C28H30N4O3. The largest absolute Gasteiger partial charge is 0.508 e. The molecule has 5 rings (SSSR count). The molecule has 3 aromatic carbocycles. The van der Waals surface area contributed by atoms with Crippen LogP contribution in [0, 0.1) is 27.7 Å². The van der Waals surface area contributed by atoms with Gasteiger partial charge in [0, 0.05) is 17.6 Å². The number of phenolic OH excluding ortho intramolecular Hbond substituents is 3. The Morgan fingerprint density at radius 2 is 1.11 bits per heavy atom. The average molecular weight is 471 g/mol. The van der Waals surface area contributed by atoms with Gasteiger partial charge in [-0.25, -0.2) is 9.36 Å². The second-order valence-electron chi connectivity index (χ2n) is 7.90. The molecule has 2 aromatic heterocycles. The van der Waals surface area contributed by atoms with Crippen LogP contribution in [0.1, 0.15) is 22.6 Å². The van der Waals surface area contributed by atoms with E-state index in [0.717, 1.165) is 22.8 Å². The van der Waals surface area contributed by atoms with Gasteiger partial charge in [0.05, 0.1) is 5.69 Å². The van der Waals surface area contributed by atoms with Crippen molar-refractivity contribution in [2.24, 2.45) is 0 Å². The summed E-state index contributed by atoms with van der Waals surface area (Å²) in [5, 5.41) is 36.4. The van der Waals surface area contributed by atoms with E-state index in [4.69, 9.17) is 5.11 Å². The van der Waals surface area contributed by atoms with E-state index in [1.807, 2.05) is 64.1 Å². The van der Waals surface area contributed by atoms with Crippen molar-refractivity contribution in [3.63, 3.8) is 0 Å². The summed E-state index contributed by atoms with van der Waals surface area (Å²) in [7, 11) is 0. The molecule has 7 nitrogen and oxygen atoms in total. The van der Waals surface area contributed by atoms with Crippen molar-refractivity contribution in [2.45, 2.75) is 27.7 Å². The van der Waals surface area contributed by atoms with Crippen LogP contribution in [0.3, 0.4) is 0 Å². The van der Waals surface area contributed by atoms with E-state index in [2.05, 4.69) is 10.2 Å². The zero-order chi connectivity index (χ0) is 25.4. The Hall–Kier alpha value is -4.52. The van der Waals surface area contributed by atoms with Crippen molar-refractivity contribution >= 4 is 0 Å². The molecule has 0 saturated heterocycles. The summed E-state index contributed by atoms with van der Waals surface area (Å²) in [6, 6.07) is 25.0. The van der Waals surface area contributed by atoms with Crippen LogP contribution in [0.2, 0.25) is 0 Å². The van der Waals surface area contributed by atoms with E-state index in [9.17, 15) is 10.2 Å². The van der Waals surface area contributed by atoms with Gasteiger partial charge in [-0.1, -0.05) is 42.5 Å². The molecule has 0 saturated carbocycles. The molecule has 0 aliphatic carbocycles. The zero-order valence-corrected chi connectivity index (χ0v) is 20.3. The van der Waals surface area contributed by atoms with E-state index >= 15 is 0 Å². The molecule has 0 aliphatic heterocycles. The van der Waals surface area contributed by atoms with Gasteiger partial charge in [-0.2, -0.15) is 10.2 Å². The van der Waals surface area contributed by atoms with E-state index < -0.39 is 0 Å². The molecule has 3 N–H and O–H groups in total. The third kappa shape index (κ3) is 6.29. The van der Waals surface area contributed by atoms with E-state index in [0.29, 0.717) is 11.4 Å². The molecule has 35 heavy (non-hydrogen) atoms. The van der Waals surface area contributed by atoms with Crippen LogP contribution in [-0.4, -0.2) is 34.9 Å². The number of phenols is 3. The summed E-state index contributed by atoms with van der Waals surface area (Å²) in [5.74, 6) is 0.819. The SMILES string of the molecule is Cc1ccnn1-c1ccccc1O.Cc1nn(-c2ccccc2O)c(C)c1C.Oc1ccccc1. The molecule has 0 amide bonds. The minimum Gasteiger partial charge on any atom is -0.508 e. The molecule has 0 aliphatic rings. The van der Waals surface area contributed by atoms with E-state index in [1.54, 1.807) is 64.1 Å². The number of rotatable bonds is 2. The summed E-state index contributed by atoms with van der Waals surface area (Å²) in [6.45, 7) is 7.95. The van der Waals surface area contributed by atoms with Crippen molar-refractivity contribution in [2.75, 3.05) is 0 Å². The molecule has 5 aromatic rings. The second kappa shape index (κ2) is 11.6. The minimum absolute atomic E-state index is 0.245. The first-order valence-electron chi connectivity index (χ1n) is 11.1. The number of nitrogens with zero attached hydrogens (tertiary/aromatic N) is 4. The average Bonchev–Trinajstić information content (AvgIpc) is 3.39. The van der Waals surface area contributed by atoms with E-state index in [1.165, 1.54) is 5.56 Å². The quantitative estimate of drug-likeness (QED) is 0.304. The van der Waals surface area contributed by atoms with Crippen LogP contribution in [0.5, 0.6) is 17.2 Å². The van der Waals surface area contributed by atoms with Gasteiger partial charge in [0.25, 0.3) is 0 Å². The highest BCUT2D eigenvalue weighted by atomic mass is 16.3. The first-order valence-corrected chi connectivity index (χ1v) is 11.1. The van der Waals surface area contributed by atoms with Gasteiger partial charge >= 0.3 is 0 Å². The minimum atomic E-state index is 0.245. The molecule has 0 fully saturated rings. The van der Waals surface area contributed by atoms with Crippen LogP contribution >= 0.6 is 0 Å². The van der Waals surface area contributed by atoms with Crippen molar-refractivity contribution < 1.29 is 15.3 Å². The predicted molar refractivity (Wildman–Crippen MR) is 138 cm³/mol. The normalized spacial score (nSPS) is 10.1. The fourth-order valence-electron chi connectivity index (χ4n) is 3.29. The smallest absolute Gasteiger partial charge is 0.141 e. The van der Waals surface area contributed by atoms with Gasteiger partial charge in [-0.05, 0) is 75.7 Å². The van der Waals surface area contributed by atoms with Crippen LogP contribution < -0.4 is 0 Å². The summed E-state index contributed by atoms with van der Waals surface area (Å²) in [4.78, 5) is 0. The van der Waals surface area contributed by atoms with E-state index in [-0.39, 0.29) is 11.5 Å². The Morgan fingerprint density at radius 1 is 0.600 bits per heavy atom. The van der Waals surface area contributed by atoms with Gasteiger partial charge in [-0.3, -0.25) is 0 Å². The highest BCUT2D eigenvalue weighted by molar-refractivity contribution is 5.47. The maximum Gasteiger partial charge on any atom is 0.141 e. The molecule has 7 heteroatoms. The second-order valence-corrected chi connectivity index (χ2v) is 7.90. The Balaban J connectivity index is 0.000000156. The van der Waals surface area contributed by atoms with Gasteiger partial charge in [-0.15, -0.1) is 0 Å². The lowest BCUT2D eigenvalue weighted by atomic mass is 10.2. The number of aromatic hydroxyl groups is 3. The maximum absolute atomic E-state index is 9.73. The highest BCUT2D eigenvalue weighted by Crippen LogP contribution is 2.24. The van der Waals surface area contributed by atoms with Crippen molar-refractivity contribution in [3.8, 4) is 28.6 Å². The van der Waals surface area contributed by atoms with Crippen LogP contribution in [0.15, 0.2) is 91.1 Å². The summed E-state index contributed by atoms with van der Waals surface area (Å²) in [5.41, 5.74) is 5.67. The van der Waals surface area contributed by atoms with Crippen molar-refractivity contribution in [1.82, 2.24) is 19.6 Å². The number of benzene rings is 3. The lowest BCUT2D eigenvalue weighted by Crippen LogP contribution is -1.99. The van der Waals surface area contributed by atoms with Gasteiger partial charge in [0.2, 0.25) is 0 Å². The predicted octanol–water partition coefficient (Wildman–Crippen LogP) is 5.78. The van der Waals surface area contributed by atoms with Crippen molar-refractivity contribution in [3.05, 3.63) is 114 Å². The first kappa shape index (κ1) is 25.1. The standard InChI is InChI=1S/C12H14N2O.C10H10N2O.C6H6O/c1-8-9(2)13-14(10(8)3)11-6-4-5-7-12(11)15;1-8-6-7-11-12(8)9-4-2-3-5-10(9)13;7-6-4-2-1-3-5-6/h4-7,15H,1-3H3;2-7,13H,1H3;1-5,7H. The zero-order valence-electron chi connectivity index (χ0n) is 20.3. The molecule has 0 unspecified atom stereocenters. The van der Waals surface area contributed by atoms with Crippen LogP contribution in [0.4, 0.5) is 0 Å². The monoisotopic (exact) mass is 470 g/mol. The van der Waals surface area contributed by atoms with Crippen LogP contribution in [0.25, 0.3) is 11.4 Å². The van der Waals surface area contributed by atoms with Crippen LogP contribution in [-0.2, 0) is 0 Å². The first-order chi connectivity index (χ1) is 16.8. The fourth-order valence-corrected chi connectivity index (χ4v) is 3.29. The molecule has 0 atom stereocenters. The highest BCUT2D eigenvalue weighted by Gasteiger charge is 2.11. The van der Waals surface area contributed by atoms with Gasteiger partial charge in [0.1, 0.15) is 28.6 Å².